The second-order valence-electron chi connectivity index (χ2n) is 2.37. The Bertz CT molecular complexity index is 187. The Hall–Kier alpha value is -1.10. The van der Waals surface area contributed by atoms with E-state index in [1.165, 1.54) is 6.92 Å². The Morgan fingerprint density at radius 2 is 1.50 bits per heavy atom. The first-order valence-electron chi connectivity index (χ1n) is 4.14. The van der Waals surface area contributed by atoms with Crippen molar-refractivity contribution in [2.24, 2.45) is 0 Å². The van der Waals surface area contributed by atoms with Crippen LogP contribution in [0.25, 0.3) is 0 Å². The summed E-state index contributed by atoms with van der Waals surface area (Å²) >= 11 is 0. The van der Waals surface area contributed by atoms with Crippen molar-refractivity contribution in [3.8, 4) is 5.75 Å². The monoisotopic (exact) mass is 202 g/mol. The summed E-state index contributed by atoms with van der Waals surface area (Å²) in [5, 5.41) is 31.6. The number of aromatic hydroxyl groups is 1. The van der Waals surface area contributed by atoms with Gasteiger partial charge in [-0.05, 0) is 19.1 Å². The van der Waals surface area contributed by atoms with Crippen LogP contribution in [0.15, 0.2) is 30.3 Å². The van der Waals surface area contributed by atoms with Gasteiger partial charge in [0.25, 0.3) is 0 Å². The molecule has 1 rings (SSSR count). The van der Waals surface area contributed by atoms with Gasteiger partial charge in [-0.3, -0.25) is 0 Å². The fraction of sp³-hybridized carbons (Fsp3) is 0.400. The first kappa shape index (κ1) is 15.4. The summed E-state index contributed by atoms with van der Waals surface area (Å²) in [6.07, 6.45) is -0.560. The Kier molecular flexibility index (Phi) is 13.1. The highest BCUT2D eigenvalue weighted by Gasteiger charge is 1.83. The third-order valence-corrected chi connectivity index (χ3v) is 1.02. The lowest BCUT2D eigenvalue weighted by Gasteiger charge is -1.90. The molecule has 1 aromatic rings. The molecule has 0 saturated carbocycles. The van der Waals surface area contributed by atoms with E-state index in [0.29, 0.717) is 5.75 Å². The quantitative estimate of drug-likeness (QED) is 0.530. The van der Waals surface area contributed by atoms with Crippen molar-refractivity contribution in [3.05, 3.63) is 30.3 Å². The third-order valence-electron chi connectivity index (χ3n) is 1.02. The molecule has 0 bridgehead atoms. The second kappa shape index (κ2) is 11.9. The molecule has 4 N–H and O–H groups in total. The molecule has 4 heteroatoms. The van der Waals surface area contributed by atoms with Crippen LogP contribution in [-0.2, 0) is 0 Å². The fourth-order valence-corrected chi connectivity index (χ4v) is 0.428. The number of rotatable bonds is 1. The standard InChI is InChI=1S/C6H6O.C3H8O2.CH4O/c7-6-4-2-1-3-5-6;1-3(5)2-4;1-2/h1-5,7H;3-5H,2H2,1H3;2H,1H3. The number of hydrogen-bond donors (Lipinski definition) is 4. The van der Waals surface area contributed by atoms with Crippen LogP contribution >= 0.6 is 0 Å². The van der Waals surface area contributed by atoms with Gasteiger partial charge < -0.3 is 20.4 Å². The van der Waals surface area contributed by atoms with Gasteiger partial charge in [0, 0.05) is 7.11 Å². The van der Waals surface area contributed by atoms with Gasteiger partial charge >= 0.3 is 0 Å². The zero-order valence-electron chi connectivity index (χ0n) is 8.46. The number of phenolic OH excluding ortho intramolecular Hbond substituents is 1. The smallest absolute Gasteiger partial charge is 0.115 e. The van der Waals surface area contributed by atoms with E-state index < -0.39 is 6.10 Å². The Morgan fingerprint density at radius 1 is 1.14 bits per heavy atom. The lowest BCUT2D eigenvalue weighted by atomic mass is 10.3. The van der Waals surface area contributed by atoms with E-state index in [1.54, 1.807) is 24.3 Å². The minimum absolute atomic E-state index is 0.139. The summed E-state index contributed by atoms with van der Waals surface area (Å²) in [6.45, 7) is 1.39. The first-order chi connectivity index (χ1) is 6.66. The maximum Gasteiger partial charge on any atom is 0.115 e. The molecule has 0 aliphatic rings. The molecule has 0 aromatic heterocycles. The minimum Gasteiger partial charge on any atom is -0.508 e. The van der Waals surface area contributed by atoms with Crippen molar-refractivity contribution in [3.63, 3.8) is 0 Å². The molecule has 4 nitrogen and oxygen atoms in total. The number of aliphatic hydroxyl groups is 3. The first-order valence-corrected chi connectivity index (χ1v) is 4.14. The Labute approximate surface area is 84.1 Å². The van der Waals surface area contributed by atoms with Gasteiger partial charge in [0.1, 0.15) is 5.75 Å². The highest BCUT2D eigenvalue weighted by atomic mass is 16.3. The van der Waals surface area contributed by atoms with E-state index in [0.717, 1.165) is 7.11 Å². The number of aliphatic hydroxyl groups excluding tert-OH is 3. The molecule has 0 radical (unpaired) electrons. The highest BCUT2D eigenvalue weighted by molar-refractivity contribution is 5.18. The van der Waals surface area contributed by atoms with Crippen LogP contribution in [0.2, 0.25) is 0 Å². The zero-order chi connectivity index (χ0) is 11.4. The summed E-state index contributed by atoms with van der Waals surface area (Å²) < 4.78 is 0. The minimum atomic E-state index is -0.560. The summed E-state index contributed by atoms with van der Waals surface area (Å²) in [7, 11) is 1.00. The van der Waals surface area contributed by atoms with Crippen molar-refractivity contribution >= 4 is 0 Å². The van der Waals surface area contributed by atoms with Crippen LogP contribution in [0.5, 0.6) is 5.75 Å². The Morgan fingerprint density at radius 3 is 1.64 bits per heavy atom. The highest BCUT2D eigenvalue weighted by Crippen LogP contribution is 2.02. The maximum absolute atomic E-state index is 8.63. The molecular formula is C10H18O4. The molecule has 0 amide bonds. The van der Waals surface area contributed by atoms with Crippen molar-refractivity contribution in [1.29, 1.82) is 0 Å². The lowest BCUT2D eigenvalue weighted by Crippen LogP contribution is -2.03. The number of benzene rings is 1. The second-order valence-corrected chi connectivity index (χ2v) is 2.37. The van der Waals surface area contributed by atoms with Gasteiger partial charge in [-0.25, -0.2) is 0 Å². The largest absolute Gasteiger partial charge is 0.508 e. The van der Waals surface area contributed by atoms with Crippen LogP contribution < -0.4 is 0 Å². The van der Waals surface area contributed by atoms with Crippen LogP contribution in [0, 0.1) is 0 Å². The summed E-state index contributed by atoms with van der Waals surface area (Å²) in [5.74, 6) is 0.322. The van der Waals surface area contributed by atoms with E-state index in [1.807, 2.05) is 6.07 Å². The normalized spacial score (nSPS) is 10.1. The third kappa shape index (κ3) is 13.5. The van der Waals surface area contributed by atoms with Gasteiger partial charge in [0.2, 0.25) is 0 Å². The molecule has 82 valence electrons. The average Bonchev–Trinajstić information content (AvgIpc) is 2.23. The van der Waals surface area contributed by atoms with Crippen LogP contribution in [-0.4, -0.2) is 40.2 Å². The maximum atomic E-state index is 8.63. The zero-order valence-corrected chi connectivity index (χ0v) is 8.46. The number of hydrogen-bond acceptors (Lipinski definition) is 4. The van der Waals surface area contributed by atoms with Crippen molar-refractivity contribution in [1.82, 2.24) is 0 Å². The van der Waals surface area contributed by atoms with Crippen LogP contribution in [0.1, 0.15) is 6.92 Å². The number of phenols is 1. The molecule has 1 atom stereocenters. The molecule has 0 saturated heterocycles. The van der Waals surface area contributed by atoms with Gasteiger partial charge in [0.05, 0.1) is 12.7 Å². The molecule has 14 heavy (non-hydrogen) atoms. The van der Waals surface area contributed by atoms with E-state index in [-0.39, 0.29) is 6.61 Å². The summed E-state index contributed by atoms with van der Waals surface area (Å²) in [6, 6.07) is 8.71. The molecule has 0 spiro atoms. The van der Waals surface area contributed by atoms with Crippen LogP contribution in [0.4, 0.5) is 0 Å². The lowest BCUT2D eigenvalue weighted by molar-refractivity contribution is 0.110. The Balaban J connectivity index is 0. The molecular weight excluding hydrogens is 184 g/mol. The van der Waals surface area contributed by atoms with Crippen molar-refractivity contribution in [2.45, 2.75) is 13.0 Å². The van der Waals surface area contributed by atoms with Crippen molar-refractivity contribution in [2.75, 3.05) is 13.7 Å². The predicted octanol–water partition coefficient (Wildman–Crippen LogP) is 0.360. The van der Waals surface area contributed by atoms with E-state index >= 15 is 0 Å². The molecule has 0 heterocycles. The van der Waals surface area contributed by atoms with Gasteiger partial charge in [-0.1, -0.05) is 18.2 Å². The average molecular weight is 202 g/mol. The van der Waals surface area contributed by atoms with Gasteiger partial charge in [0.15, 0.2) is 0 Å². The predicted molar refractivity (Wildman–Crippen MR) is 55.0 cm³/mol. The van der Waals surface area contributed by atoms with E-state index in [4.69, 9.17) is 20.4 Å². The van der Waals surface area contributed by atoms with E-state index in [9.17, 15) is 0 Å². The molecule has 0 aliphatic carbocycles. The molecule has 1 unspecified atom stereocenters. The summed E-state index contributed by atoms with van der Waals surface area (Å²) in [4.78, 5) is 0. The number of para-hydroxylation sites is 1. The molecule has 0 aliphatic heterocycles. The topological polar surface area (TPSA) is 80.9 Å². The van der Waals surface area contributed by atoms with Gasteiger partial charge in [-0.15, -0.1) is 0 Å². The van der Waals surface area contributed by atoms with Crippen LogP contribution in [0.3, 0.4) is 0 Å². The summed E-state index contributed by atoms with van der Waals surface area (Å²) in [5.41, 5.74) is 0. The SMILES string of the molecule is CC(O)CO.CO.Oc1ccccc1. The van der Waals surface area contributed by atoms with Gasteiger partial charge in [-0.2, -0.15) is 0 Å². The molecule has 0 fully saturated rings. The van der Waals surface area contributed by atoms with E-state index in [2.05, 4.69) is 0 Å². The van der Waals surface area contributed by atoms with Crippen molar-refractivity contribution < 1.29 is 20.4 Å². The fourth-order valence-electron chi connectivity index (χ4n) is 0.428. The molecule has 1 aromatic carbocycles.